The summed E-state index contributed by atoms with van der Waals surface area (Å²) >= 11 is 1.63. The van der Waals surface area contributed by atoms with Crippen LogP contribution in [0, 0.1) is 0 Å². The molecule has 4 rings (SSSR count). The fraction of sp³-hybridized carbons (Fsp3) is 0.533. The number of fused-ring (bicyclic) bond motifs is 1. The Labute approximate surface area is 144 Å². The summed E-state index contributed by atoms with van der Waals surface area (Å²) in [5, 5.41) is 9.86. The number of nitrogens with zero attached hydrogens (tertiary/aromatic N) is 4. The van der Waals surface area contributed by atoms with Gasteiger partial charge in [-0.2, -0.15) is 10.1 Å². The lowest BCUT2D eigenvalue weighted by Gasteiger charge is -2.34. The van der Waals surface area contributed by atoms with Crippen molar-refractivity contribution in [3.8, 4) is 10.8 Å². The van der Waals surface area contributed by atoms with E-state index in [-0.39, 0.29) is 17.9 Å². The average molecular weight is 354 g/mol. The standard InChI is InChI=1S/C15H19N5OS.ClH/c1-8(2)11-9-7-10(22-13(9)20(3)18-11)12-17-14(19-21-12)15(16)5-4-6-15;/h7-8H,4-6,16H2,1-3H3;1H. The SMILES string of the molecule is CC(C)c1nn(C)c2sc(-c3nc(C4(N)CCC4)no3)cc12.Cl. The molecule has 0 radical (unpaired) electrons. The first-order valence-electron chi connectivity index (χ1n) is 7.58. The molecule has 0 spiro atoms. The average Bonchev–Trinajstić information content (AvgIpc) is 3.11. The molecule has 1 saturated carbocycles. The maximum Gasteiger partial charge on any atom is 0.268 e. The largest absolute Gasteiger partial charge is 0.333 e. The van der Waals surface area contributed by atoms with E-state index >= 15 is 0 Å². The fourth-order valence-electron chi connectivity index (χ4n) is 2.91. The summed E-state index contributed by atoms with van der Waals surface area (Å²) in [7, 11) is 1.97. The Morgan fingerprint density at radius 1 is 1.39 bits per heavy atom. The molecule has 3 aromatic heterocycles. The van der Waals surface area contributed by atoms with Crippen LogP contribution in [0.4, 0.5) is 0 Å². The molecule has 1 fully saturated rings. The second kappa shape index (κ2) is 5.58. The lowest BCUT2D eigenvalue weighted by molar-refractivity contribution is 0.229. The lowest BCUT2D eigenvalue weighted by Crippen LogP contribution is -2.44. The minimum atomic E-state index is -0.386. The fourth-order valence-corrected chi connectivity index (χ4v) is 3.91. The molecule has 0 bridgehead atoms. The maximum atomic E-state index is 6.26. The minimum absolute atomic E-state index is 0. The van der Waals surface area contributed by atoms with Crippen LogP contribution in [0.25, 0.3) is 21.0 Å². The van der Waals surface area contributed by atoms with Crippen molar-refractivity contribution < 1.29 is 4.52 Å². The van der Waals surface area contributed by atoms with E-state index in [0.29, 0.717) is 17.6 Å². The molecule has 0 aromatic carbocycles. The molecule has 23 heavy (non-hydrogen) atoms. The molecule has 0 unspecified atom stereocenters. The van der Waals surface area contributed by atoms with E-state index in [4.69, 9.17) is 10.3 Å². The molecule has 1 aliphatic carbocycles. The van der Waals surface area contributed by atoms with E-state index in [1.165, 1.54) is 5.39 Å². The number of nitrogens with two attached hydrogens (primary N) is 1. The third kappa shape index (κ3) is 2.47. The number of hydrogen-bond acceptors (Lipinski definition) is 6. The summed E-state index contributed by atoms with van der Waals surface area (Å²) < 4.78 is 7.37. The summed E-state index contributed by atoms with van der Waals surface area (Å²) in [4.78, 5) is 6.64. The molecule has 6 nitrogen and oxygen atoms in total. The molecule has 2 N–H and O–H groups in total. The van der Waals surface area contributed by atoms with Gasteiger partial charge in [-0.3, -0.25) is 4.68 Å². The highest BCUT2D eigenvalue weighted by atomic mass is 35.5. The van der Waals surface area contributed by atoms with Crippen LogP contribution in [0.2, 0.25) is 0 Å². The van der Waals surface area contributed by atoms with Gasteiger partial charge in [0.1, 0.15) is 4.83 Å². The monoisotopic (exact) mass is 353 g/mol. The maximum absolute atomic E-state index is 6.26. The highest BCUT2D eigenvalue weighted by Crippen LogP contribution is 2.40. The zero-order chi connectivity index (χ0) is 15.5. The zero-order valence-corrected chi connectivity index (χ0v) is 15.0. The van der Waals surface area contributed by atoms with E-state index in [9.17, 15) is 0 Å². The van der Waals surface area contributed by atoms with Gasteiger partial charge in [0.2, 0.25) is 0 Å². The Bertz CT molecular complexity index is 845. The van der Waals surface area contributed by atoms with Crippen LogP contribution >= 0.6 is 23.7 Å². The lowest BCUT2D eigenvalue weighted by atomic mass is 9.77. The Kier molecular flexibility index (Phi) is 3.98. The molecule has 124 valence electrons. The Morgan fingerprint density at radius 2 is 2.13 bits per heavy atom. The van der Waals surface area contributed by atoms with Gasteiger partial charge in [-0.05, 0) is 31.2 Å². The van der Waals surface area contributed by atoms with Crippen molar-refractivity contribution in [2.45, 2.75) is 44.6 Å². The first-order valence-corrected chi connectivity index (χ1v) is 8.39. The molecule has 3 aromatic rings. The van der Waals surface area contributed by atoms with Crippen molar-refractivity contribution in [1.82, 2.24) is 19.9 Å². The van der Waals surface area contributed by atoms with Crippen LogP contribution in [0.3, 0.4) is 0 Å². The predicted octanol–water partition coefficient (Wildman–Crippen LogP) is 3.57. The van der Waals surface area contributed by atoms with Crippen LogP contribution in [0.15, 0.2) is 10.6 Å². The molecular formula is C15H20ClN5OS. The van der Waals surface area contributed by atoms with Crippen LogP contribution in [0.1, 0.15) is 50.5 Å². The van der Waals surface area contributed by atoms with Gasteiger partial charge in [0.05, 0.1) is 16.1 Å². The van der Waals surface area contributed by atoms with Gasteiger partial charge in [0.25, 0.3) is 5.89 Å². The topological polar surface area (TPSA) is 82.8 Å². The second-order valence-electron chi connectivity index (χ2n) is 6.43. The predicted molar refractivity (Wildman–Crippen MR) is 92.9 cm³/mol. The Morgan fingerprint density at radius 3 is 2.74 bits per heavy atom. The van der Waals surface area contributed by atoms with Crippen LogP contribution in [0.5, 0.6) is 0 Å². The smallest absolute Gasteiger partial charge is 0.268 e. The van der Waals surface area contributed by atoms with Crippen molar-refractivity contribution >= 4 is 34.0 Å². The van der Waals surface area contributed by atoms with E-state index in [2.05, 4.69) is 35.2 Å². The van der Waals surface area contributed by atoms with E-state index in [1.54, 1.807) is 11.3 Å². The van der Waals surface area contributed by atoms with Gasteiger partial charge in [0.15, 0.2) is 5.82 Å². The highest BCUT2D eigenvalue weighted by molar-refractivity contribution is 7.21. The van der Waals surface area contributed by atoms with Gasteiger partial charge in [-0.25, -0.2) is 0 Å². The number of halogens is 1. The van der Waals surface area contributed by atoms with Gasteiger partial charge in [-0.15, -0.1) is 23.7 Å². The first kappa shape index (κ1) is 16.4. The quantitative estimate of drug-likeness (QED) is 0.778. The molecule has 0 atom stereocenters. The molecule has 8 heteroatoms. The summed E-state index contributed by atoms with van der Waals surface area (Å²) in [5.74, 6) is 1.57. The molecule has 0 saturated heterocycles. The van der Waals surface area contributed by atoms with Gasteiger partial charge in [-0.1, -0.05) is 19.0 Å². The Balaban J connectivity index is 0.00000156. The molecule has 1 aliphatic rings. The van der Waals surface area contributed by atoms with Crippen molar-refractivity contribution in [3.63, 3.8) is 0 Å². The second-order valence-corrected chi connectivity index (χ2v) is 7.46. The molecule has 0 amide bonds. The third-order valence-corrected chi connectivity index (χ3v) is 5.60. The Hall–Kier alpha value is -1.44. The van der Waals surface area contributed by atoms with Crippen LogP contribution < -0.4 is 5.73 Å². The number of thiophene rings is 1. The van der Waals surface area contributed by atoms with E-state index in [1.807, 2.05) is 11.7 Å². The molecule has 0 aliphatic heterocycles. The van der Waals surface area contributed by atoms with Gasteiger partial charge in [0, 0.05) is 12.4 Å². The van der Waals surface area contributed by atoms with E-state index < -0.39 is 0 Å². The zero-order valence-electron chi connectivity index (χ0n) is 13.4. The van der Waals surface area contributed by atoms with E-state index in [0.717, 1.165) is 34.7 Å². The number of hydrogen-bond donors (Lipinski definition) is 1. The van der Waals surface area contributed by atoms with Crippen LogP contribution in [-0.2, 0) is 12.6 Å². The number of aromatic nitrogens is 4. The third-order valence-electron chi connectivity index (χ3n) is 4.41. The summed E-state index contributed by atoms with van der Waals surface area (Å²) in [6, 6.07) is 2.10. The van der Waals surface area contributed by atoms with Crippen molar-refractivity contribution in [2.24, 2.45) is 12.8 Å². The molecule has 3 heterocycles. The highest BCUT2D eigenvalue weighted by Gasteiger charge is 2.39. The minimum Gasteiger partial charge on any atom is -0.333 e. The van der Waals surface area contributed by atoms with Crippen molar-refractivity contribution in [2.75, 3.05) is 0 Å². The summed E-state index contributed by atoms with van der Waals surface area (Å²) in [6.45, 7) is 4.30. The number of rotatable bonds is 3. The van der Waals surface area contributed by atoms with Gasteiger partial charge >= 0.3 is 0 Å². The van der Waals surface area contributed by atoms with Gasteiger partial charge < -0.3 is 10.3 Å². The summed E-state index contributed by atoms with van der Waals surface area (Å²) in [6.07, 6.45) is 2.99. The molecular weight excluding hydrogens is 334 g/mol. The van der Waals surface area contributed by atoms with Crippen LogP contribution in [-0.4, -0.2) is 19.9 Å². The first-order chi connectivity index (χ1) is 10.5. The summed E-state index contributed by atoms with van der Waals surface area (Å²) in [5.41, 5.74) is 6.98. The normalized spacial score (nSPS) is 16.6. The van der Waals surface area contributed by atoms with Crippen molar-refractivity contribution in [1.29, 1.82) is 0 Å². The van der Waals surface area contributed by atoms with Crippen molar-refractivity contribution in [3.05, 3.63) is 17.6 Å². The number of aryl methyl sites for hydroxylation is 1.